The molecule has 2 aromatic rings. The van der Waals surface area contributed by atoms with Crippen LogP contribution in [0.4, 0.5) is 0 Å². The van der Waals surface area contributed by atoms with Gasteiger partial charge in [-0.2, -0.15) is 0 Å². The molecule has 2 rings (SSSR count). The fraction of sp³-hybridized carbons (Fsp3) is 0.214. The number of aliphatic carboxylic acids is 1. The normalized spacial score (nSPS) is 11.9. The smallest absolute Gasteiger partial charge is 0.330 e. The molecular formula is C14H14ClN3O3. The van der Waals surface area contributed by atoms with Crippen LogP contribution in [0.2, 0.25) is 5.02 Å². The third-order valence-corrected chi connectivity index (χ3v) is 3.27. The summed E-state index contributed by atoms with van der Waals surface area (Å²) in [6.07, 6.45) is 5.10. The summed E-state index contributed by atoms with van der Waals surface area (Å²) in [6.45, 7) is 0.431. The Morgan fingerprint density at radius 2 is 2.14 bits per heavy atom. The third kappa shape index (κ3) is 4.06. The lowest BCUT2D eigenvalue weighted by Gasteiger charge is -2.16. The summed E-state index contributed by atoms with van der Waals surface area (Å²) in [4.78, 5) is 27.1. The lowest BCUT2D eigenvalue weighted by molar-refractivity contribution is -0.142. The lowest BCUT2D eigenvalue weighted by Crippen LogP contribution is -2.34. The minimum absolute atomic E-state index is 0.157. The number of amides is 1. The summed E-state index contributed by atoms with van der Waals surface area (Å²) in [7, 11) is 0. The van der Waals surface area contributed by atoms with Gasteiger partial charge in [-0.05, 0) is 6.07 Å². The van der Waals surface area contributed by atoms with Crippen molar-refractivity contribution in [2.45, 2.75) is 19.0 Å². The monoisotopic (exact) mass is 307 g/mol. The molecule has 1 aromatic heterocycles. The van der Waals surface area contributed by atoms with E-state index >= 15 is 0 Å². The molecule has 0 spiro atoms. The molecule has 1 heterocycles. The second-order valence-electron chi connectivity index (χ2n) is 4.41. The van der Waals surface area contributed by atoms with Gasteiger partial charge in [-0.25, -0.2) is 9.78 Å². The van der Waals surface area contributed by atoms with Gasteiger partial charge in [-0.3, -0.25) is 4.79 Å². The van der Waals surface area contributed by atoms with Crippen molar-refractivity contribution in [2.24, 2.45) is 0 Å². The molecule has 110 valence electrons. The first-order chi connectivity index (χ1) is 10.1. The van der Waals surface area contributed by atoms with Crippen molar-refractivity contribution < 1.29 is 14.7 Å². The molecule has 7 heteroatoms. The summed E-state index contributed by atoms with van der Waals surface area (Å²) in [6, 6.07) is 5.39. The Bertz CT molecular complexity index is 628. The molecule has 0 fully saturated rings. The Morgan fingerprint density at radius 1 is 1.38 bits per heavy atom. The van der Waals surface area contributed by atoms with Crippen LogP contribution >= 0.6 is 11.6 Å². The molecule has 0 bridgehead atoms. The van der Waals surface area contributed by atoms with Gasteiger partial charge in [0.05, 0.1) is 6.33 Å². The fourth-order valence-corrected chi connectivity index (χ4v) is 2.11. The van der Waals surface area contributed by atoms with Gasteiger partial charge in [0.15, 0.2) is 6.04 Å². The number of benzene rings is 1. The van der Waals surface area contributed by atoms with Crippen molar-refractivity contribution in [1.29, 1.82) is 0 Å². The van der Waals surface area contributed by atoms with Gasteiger partial charge in [0.25, 0.3) is 0 Å². The predicted molar refractivity (Wildman–Crippen MR) is 76.8 cm³/mol. The van der Waals surface area contributed by atoms with E-state index in [0.29, 0.717) is 17.1 Å². The van der Waals surface area contributed by atoms with Crippen molar-refractivity contribution in [3.05, 3.63) is 53.6 Å². The number of aromatic nitrogens is 2. The summed E-state index contributed by atoms with van der Waals surface area (Å²) in [5.41, 5.74) is 0.364. The number of aryl methyl sites for hydroxylation is 1. The van der Waals surface area contributed by atoms with E-state index in [1.54, 1.807) is 47.6 Å². The number of carboxylic acids is 1. The minimum Gasteiger partial charge on any atom is -0.479 e. The van der Waals surface area contributed by atoms with E-state index in [0.717, 1.165) is 0 Å². The number of rotatable bonds is 6. The maximum Gasteiger partial charge on any atom is 0.330 e. The van der Waals surface area contributed by atoms with E-state index in [9.17, 15) is 14.7 Å². The molecule has 1 aromatic carbocycles. The quantitative estimate of drug-likeness (QED) is 0.853. The largest absolute Gasteiger partial charge is 0.479 e. The maximum absolute atomic E-state index is 11.9. The first kappa shape index (κ1) is 15.1. The molecule has 0 unspecified atom stereocenters. The fourth-order valence-electron chi connectivity index (χ4n) is 1.86. The van der Waals surface area contributed by atoms with Crippen LogP contribution in [0.1, 0.15) is 18.0 Å². The number of imidazole rings is 1. The Labute approximate surface area is 126 Å². The highest BCUT2D eigenvalue weighted by molar-refractivity contribution is 6.31. The minimum atomic E-state index is -1.16. The molecule has 6 nitrogen and oxygen atoms in total. The number of carbonyl (C=O) groups excluding carboxylic acids is 1. The number of hydrogen-bond donors (Lipinski definition) is 2. The van der Waals surface area contributed by atoms with Gasteiger partial charge < -0.3 is 15.0 Å². The second kappa shape index (κ2) is 6.90. The topological polar surface area (TPSA) is 84.2 Å². The number of nitrogens with zero attached hydrogens (tertiary/aromatic N) is 2. The van der Waals surface area contributed by atoms with Crippen LogP contribution in [0, 0.1) is 0 Å². The SMILES string of the molecule is O=C(CCn1ccnc1)N[C@@H](C(=O)O)c1ccccc1Cl. The van der Waals surface area contributed by atoms with Crippen LogP contribution in [-0.2, 0) is 16.1 Å². The van der Waals surface area contributed by atoms with E-state index in [-0.39, 0.29) is 12.3 Å². The number of nitrogens with one attached hydrogen (secondary N) is 1. The van der Waals surface area contributed by atoms with Crippen LogP contribution in [0.3, 0.4) is 0 Å². The van der Waals surface area contributed by atoms with Gasteiger partial charge in [0.2, 0.25) is 5.91 Å². The first-order valence-corrected chi connectivity index (χ1v) is 6.68. The highest BCUT2D eigenvalue weighted by atomic mass is 35.5. The van der Waals surface area contributed by atoms with Gasteiger partial charge >= 0.3 is 5.97 Å². The Balaban J connectivity index is 2.01. The number of halogens is 1. The van der Waals surface area contributed by atoms with Crippen LogP contribution in [0.25, 0.3) is 0 Å². The van der Waals surface area contributed by atoms with E-state index in [1.165, 1.54) is 0 Å². The van der Waals surface area contributed by atoms with E-state index < -0.39 is 12.0 Å². The van der Waals surface area contributed by atoms with Gasteiger partial charge in [0, 0.05) is 35.9 Å². The van der Waals surface area contributed by atoms with Gasteiger partial charge in [-0.1, -0.05) is 29.8 Å². The summed E-state index contributed by atoms with van der Waals surface area (Å²) >= 11 is 5.98. The predicted octanol–water partition coefficient (Wildman–Crippen LogP) is 1.87. The van der Waals surface area contributed by atoms with Gasteiger partial charge in [0.1, 0.15) is 0 Å². The molecule has 0 aliphatic rings. The standard InChI is InChI=1S/C14H14ClN3O3/c15-11-4-2-1-3-10(11)13(14(20)21)17-12(19)5-7-18-8-6-16-9-18/h1-4,6,8-9,13H,5,7H2,(H,17,19)(H,20,21)/t13-/m1/s1. The van der Waals surface area contributed by atoms with Gasteiger partial charge in [-0.15, -0.1) is 0 Å². The first-order valence-electron chi connectivity index (χ1n) is 6.30. The van der Waals surface area contributed by atoms with Crippen LogP contribution in [0.15, 0.2) is 43.0 Å². The average molecular weight is 308 g/mol. The molecule has 21 heavy (non-hydrogen) atoms. The zero-order valence-corrected chi connectivity index (χ0v) is 11.8. The molecule has 0 aliphatic heterocycles. The lowest BCUT2D eigenvalue weighted by atomic mass is 10.1. The number of carboxylic acid groups (broad SMARTS) is 1. The Kier molecular flexibility index (Phi) is 4.94. The molecule has 0 saturated heterocycles. The second-order valence-corrected chi connectivity index (χ2v) is 4.82. The Morgan fingerprint density at radius 3 is 2.76 bits per heavy atom. The van der Waals surface area contributed by atoms with Crippen molar-refractivity contribution in [3.63, 3.8) is 0 Å². The van der Waals surface area contributed by atoms with Crippen LogP contribution < -0.4 is 5.32 Å². The van der Waals surface area contributed by atoms with Crippen molar-refractivity contribution in [3.8, 4) is 0 Å². The molecular weight excluding hydrogens is 294 g/mol. The highest BCUT2D eigenvalue weighted by Crippen LogP contribution is 2.22. The maximum atomic E-state index is 11.9. The molecule has 0 radical (unpaired) electrons. The van der Waals surface area contributed by atoms with E-state index in [2.05, 4.69) is 10.3 Å². The van der Waals surface area contributed by atoms with Crippen molar-refractivity contribution >= 4 is 23.5 Å². The molecule has 0 saturated carbocycles. The van der Waals surface area contributed by atoms with E-state index in [1.807, 2.05) is 0 Å². The highest BCUT2D eigenvalue weighted by Gasteiger charge is 2.23. The summed E-state index contributed by atoms with van der Waals surface area (Å²) in [5.74, 6) is -1.52. The van der Waals surface area contributed by atoms with E-state index in [4.69, 9.17) is 11.6 Å². The molecule has 1 atom stereocenters. The summed E-state index contributed by atoms with van der Waals surface area (Å²) in [5, 5.41) is 12.0. The molecule has 1 amide bonds. The Hall–Kier alpha value is -2.34. The van der Waals surface area contributed by atoms with Crippen LogP contribution in [-0.4, -0.2) is 26.5 Å². The molecule has 0 aliphatic carbocycles. The summed E-state index contributed by atoms with van der Waals surface area (Å²) < 4.78 is 1.74. The number of hydrogen-bond acceptors (Lipinski definition) is 3. The van der Waals surface area contributed by atoms with Crippen molar-refractivity contribution in [2.75, 3.05) is 0 Å². The molecule has 2 N–H and O–H groups in total. The zero-order valence-electron chi connectivity index (χ0n) is 11.1. The number of carbonyl (C=O) groups is 2. The average Bonchev–Trinajstić information content (AvgIpc) is 2.96. The third-order valence-electron chi connectivity index (χ3n) is 2.92. The van der Waals surface area contributed by atoms with Crippen LogP contribution in [0.5, 0.6) is 0 Å². The zero-order chi connectivity index (χ0) is 15.2. The van der Waals surface area contributed by atoms with Crippen molar-refractivity contribution in [1.82, 2.24) is 14.9 Å².